The maximum absolute atomic E-state index is 10.6. The molecule has 0 heterocycles. The van der Waals surface area contributed by atoms with Crippen molar-refractivity contribution in [1.29, 1.82) is 0 Å². The van der Waals surface area contributed by atoms with Crippen LogP contribution >= 0.6 is 0 Å². The van der Waals surface area contributed by atoms with E-state index in [-0.39, 0.29) is 5.04 Å². The minimum atomic E-state index is -1.85. The van der Waals surface area contributed by atoms with E-state index in [1.165, 1.54) is 11.1 Å². The molecule has 2 rings (SSSR count). The van der Waals surface area contributed by atoms with Gasteiger partial charge in [0.1, 0.15) is 17.2 Å². The summed E-state index contributed by atoms with van der Waals surface area (Å²) in [6.07, 6.45) is 6.46. The van der Waals surface area contributed by atoms with Crippen LogP contribution in [0.1, 0.15) is 70.6 Å². The van der Waals surface area contributed by atoms with Crippen LogP contribution in [-0.2, 0) is 6.42 Å². The number of aliphatic hydroxyl groups is 1. The summed E-state index contributed by atoms with van der Waals surface area (Å²) in [4.78, 5) is 0. The zero-order valence-corrected chi connectivity index (χ0v) is 23.4. The lowest BCUT2D eigenvalue weighted by Crippen LogP contribution is -2.43. The molecule has 1 unspecified atom stereocenters. The SMILES string of the molecule is COc1cc(CC/C=C(\C)CCCC(O)c2ccc(O[Si](C)(C)C(C)(C)C)cc2)cc(OC)c1. The quantitative estimate of drug-likeness (QED) is 0.246. The number of methoxy groups -OCH3 is 2. The summed E-state index contributed by atoms with van der Waals surface area (Å²) >= 11 is 0. The highest BCUT2D eigenvalue weighted by molar-refractivity contribution is 6.74. The van der Waals surface area contributed by atoms with Crippen molar-refractivity contribution in [2.45, 2.75) is 84.0 Å². The summed E-state index contributed by atoms with van der Waals surface area (Å²) < 4.78 is 17.1. The maximum atomic E-state index is 10.6. The summed E-state index contributed by atoms with van der Waals surface area (Å²) in [5, 5.41) is 10.8. The van der Waals surface area contributed by atoms with E-state index in [4.69, 9.17) is 13.9 Å². The molecule has 0 aliphatic rings. The number of aryl methyl sites for hydroxylation is 1. The van der Waals surface area contributed by atoms with Crippen molar-refractivity contribution in [3.05, 3.63) is 65.2 Å². The van der Waals surface area contributed by atoms with Crippen LogP contribution < -0.4 is 13.9 Å². The van der Waals surface area contributed by atoms with Gasteiger partial charge in [-0.2, -0.15) is 0 Å². The summed E-state index contributed by atoms with van der Waals surface area (Å²) in [7, 11) is 1.50. The Balaban J connectivity index is 1.80. The van der Waals surface area contributed by atoms with Crippen LogP contribution in [0.15, 0.2) is 54.1 Å². The van der Waals surface area contributed by atoms with Crippen LogP contribution in [0.25, 0.3) is 0 Å². The van der Waals surface area contributed by atoms with Gasteiger partial charge >= 0.3 is 0 Å². The zero-order chi connectivity index (χ0) is 25.4. The van der Waals surface area contributed by atoms with Gasteiger partial charge in [-0.25, -0.2) is 0 Å². The molecule has 4 nitrogen and oxygen atoms in total. The van der Waals surface area contributed by atoms with Crippen LogP contribution in [0, 0.1) is 0 Å². The van der Waals surface area contributed by atoms with E-state index in [2.05, 4.69) is 59.0 Å². The Bertz CT molecular complexity index is 904. The Morgan fingerprint density at radius 1 is 0.971 bits per heavy atom. The average Bonchev–Trinajstić information content (AvgIpc) is 2.78. The fourth-order valence-corrected chi connectivity index (χ4v) is 4.58. The highest BCUT2D eigenvalue weighted by atomic mass is 28.4. The Hall–Kier alpha value is -2.24. The molecule has 2 aromatic carbocycles. The number of allylic oxidation sites excluding steroid dienone is 2. The first-order valence-corrected chi connectivity index (χ1v) is 15.2. The smallest absolute Gasteiger partial charge is 0.250 e. The summed E-state index contributed by atoms with van der Waals surface area (Å²) in [6, 6.07) is 14.0. The van der Waals surface area contributed by atoms with Crippen LogP contribution in [0.5, 0.6) is 17.2 Å². The molecule has 2 aromatic rings. The van der Waals surface area contributed by atoms with Gasteiger partial charge in [0, 0.05) is 6.07 Å². The largest absolute Gasteiger partial charge is 0.544 e. The lowest BCUT2D eigenvalue weighted by Gasteiger charge is -2.36. The van der Waals surface area contributed by atoms with E-state index in [1.54, 1.807) is 14.2 Å². The fourth-order valence-electron chi connectivity index (χ4n) is 3.54. The number of hydrogen-bond acceptors (Lipinski definition) is 4. The van der Waals surface area contributed by atoms with E-state index in [9.17, 15) is 5.11 Å². The van der Waals surface area contributed by atoms with Gasteiger partial charge in [-0.15, -0.1) is 0 Å². The molecule has 0 radical (unpaired) electrons. The zero-order valence-electron chi connectivity index (χ0n) is 22.4. The van der Waals surface area contributed by atoms with E-state index < -0.39 is 14.4 Å². The van der Waals surface area contributed by atoms with Crippen LogP contribution in [-0.4, -0.2) is 27.6 Å². The van der Waals surface area contributed by atoms with Gasteiger partial charge in [0.2, 0.25) is 8.32 Å². The first kappa shape index (κ1) is 28.0. The van der Waals surface area contributed by atoms with Crippen LogP contribution in [0.2, 0.25) is 18.1 Å². The molecule has 188 valence electrons. The van der Waals surface area contributed by atoms with E-state index in [0.717, 1.165) is 54.9 Å². The van der Waals surface area contributed by atoms with Crippen molar-refractivity contribution in [3.8, 4) is 17.2 Å². The highest BCUT2D eigenvalue weighted by Crippen LogP contribution is 2.37. The van der Waals surface area contributed by atoms with Gasteiger partial charge in [-0.1, -0.05) is 44.6 Å². The highest BCUT2D eigenvalue weighted by Gasteiger charge is 2.38. The van der Waals surface area contributed by atoms with Crippen LogP contribution in [0.4, 0.5) is 0 Å². The van der Waals surface area contributed by atoms with E-state index >= 15 is 0 Å². The van der Waals surface area contributed by atoms with E-state index in [1.807, 2.05) is 30.3 Å². The summed E-state index contributed by atoms with van der Waals surface area (Å²) in [6.45, 7) is 13.4. The minimum absolute atomic E-state index is 0.164. The van der Waals surface area contributed by atoms with Crippen molar-refractivity contribution >= 4 is 8.32 Å². The van der Waals surface area contributed by atoms with Gasteiger partial charge in [0.05, 0.1) is 20.3 Å². The van der Waals surface area contributed by atoms with Gasteiger partial charge in [0.15, 0.2) is 0 Å². The van der Waals surface area contributed by atoms with Crippen molar-refractivity contribution in [2.75, 3.05) is 14.2 Å². The molecule has 0 aliphatic heterocycles. The lowest BCUT2D eigenvalue weighted by atomic mass is 10.0. The summed E-state index contributed by atoms with van der Waals surface area (Å²) in [5.41, 5.74) is 3.52. The molecular weight excluding hydrogens is 440 g/mol. The minimum Gasteiger partial charge on any atom is -0.544 e. The van der Waals surface area contributed by atoms with Gasteiger partial charge in [0.25, 0.3) is 0 Å². The number of hydrogen-bond donors (Lipinski definition) is 1. The van der Waals surface area contributed by atoms with Gasteiger partial charge < -0.3 is 19.0 Å². The monoisotopic (exact) mass is 484 g/mol. The average molecular weight is 485 g/mol. The third-order valence-electron chi connectivity index (χ3n) is 6.83. The molecule has 0 fully saturated rings. The van der Waals surface area contributed by atoms with Crippen molar-refractivity contribution in [3.63, 3.8) is 0 Å². The number of aliphatic hydroxyl groups excluding tert-OH is 1. The number of benzene rings is 2. The van der Waals surface area contributed by atoms with E-state index in [0.29, 0.717) is 0 Å². The molecule has 34 heavy (non-hydrogen) atoms. The molecule has 0 saturated carbocycles. The molecule has 0 aromatic heterocycles. The first-order valence-electron chi connectivity index (χ1n) is 12.3. The Morgan fingerprint density at radius 3 is 2.09 bits per heavy atom. The molecule has 0 aliphatic carbocycles. The van der Waals surface area contributed by atoms with Gasteiger partial charge in [-0.3, -0.25) is 0 Å². The second-order valence-electron chi connectivity index (χ2n) is 10.6. The third-order valence-corrected chi connectivity index (χ3v) is 11.2. The predicted octanol–water partition coefficient (Wildman–Crippen LogP) is 7.87. The maximum Gasteiger partial charge on any atom is 0.250 e. The first-order chi connectivity index (χ1) is 15.9. The topological polar surface area (TPSA) is 47.9 Å². The third kappa shape index (κ3) is 8.52. The Kier molecular flexibility index (Phi) is 10.3. The van der Waals surface area contributed by atoms with Crippen molar-refractivity contribution in [1.82, 2.24) is 0 Å². The number of ether oxygens (including phenoxy) is 2. The van der Waals surface area contributed by atoms with Crippen LogP contribution in [0.3, 0.4) is 0 Å². The normalized spacial score (nSPS) is 13.5. The molecule has 1 N–H and O–H groups in total. The number of rotatable bonds is 12. The molecule has 0 spiro atoms. The summed E-state index contributed by atoms with van der Waals surface area (Å²) in [5.74, 6) is 2.54. The molecule has 0 saturated heterocycles. The molecule has 5 heteroatoms. The van der Waals surface area contributed by atoms with Gasteiger partial charge in [-0.05, 0) is 92.6 Å². The van der Waals surface area contributed by atoms with Crippen molar-refractivity contribution in [2.24, 2.45) is 0 Å². The second-order valence-corrected chi connectivity index (χ2v) is 15.4. The second kappa shape index (κ2) is 12.5. The fraction of sp³-hybridized carbons (Fsp3) is 0.517. The Labute approximate surface area is 208 Å². The molecule has 1 atom stereocenters. The predicted molar refractivity (Wildman–Crippen MR) is 145 cm³/mol. The molecular formula is C29H44O4Si. The Morgan fingerprint density at radius 2 is 1.56 bits per heavy atom. The molecule has 0 amide bonds. The molecule has 0 bridgehead atoms. The van der Waals surface area contributed by atoms with Crippen molar-refractivity contribution < 1.29 is 19.0 Å². The standard InChI is InChI=1S/C29H44O4Si/c1-22(11-9-13-23-19-26(31-5)21-27(20-23)32-6)12-10-14-28(30)24-15-17-25(18-16-24)33-34(7,8)29(2,3)4/h11,15-21,28,30H,9-10,12-14H2,1-8H3/b22-11+. The lowest BCUT2D eigenvalue weighted by molar-refractivity contribution is 0.164.